The van der Waals surface area contributed by atoms with E-state index in [9.17, 15) is 0 Å². The Labute approximate surface area is 594 Å². The van der Waals surface area contributed by atoms with Crippen LogP contribution in [0.4, 0.5) is 0 Å². The molecule has 5 aromatic heterocycles. The van der Waals surface area contributed by atoms with Gasteiger partial charge < -0.3 is 18.3 Å². The first kappa shape index (κ1) is 62.6. The summed E-state index contributed by atoms with van der Waals surface area (Å²) >= 11 is 0. The first-order valence-electron chi connectivity index (χ1n) is 35.0. The Morgan fingerprint density at radius 3 is 1.61 bits per heavy atom. The number of hydrogen-bond donors (Lipinski definition) is 0. The Bertz CT molecular complexity index is 6000. The van der Waals surface area contributed by atoms with E-state index in [4.69, 9.17) is 9.72 Å². The van der Waals surface area contributed by atoms with E-state index in [2.05, 4.69) is 331 Å². The van der Waals surface area contributed by atoms with Crippen LogP contribution in [0, 0.1) is 18.5 Å². The minimum Gasteiger partial charge on any atom is -0.510 e. The van der Waals surface area contributed by atoms with E-state index in [0.717, 1.165) is 109 Å². The second-order valence-corrected chi connectivity index (χ2v) is 31.6. The summed E-state index contributed by atoms with van der Waals surface area (Å²) in [6, 6.07) is 91.0. The summed E-state index contributed by atoms with van der Waals surface area (Å²) in [5.41, 5.74) is 21.0. The molecule has 0 atom stereocenters. The summed E-state index contributed by atoms with van der Waals surface area (Å²) in [5.74, 6) is 1.93. The van der Waals surface area contributed by atoms with Crippen molar-refractivity contribution in [1.29, 1.82) is 0 Å². The maximum absolute atomic E-state index is 7.12. The number of pyridine rings is 1. The standard InChI is InChI=1S/C92H79N5O.Pt/c1-88(2,3)59-45-50-93-83(53-59)96-80-43-44-81-84(69-29-15-14-26-66(69)65-25-12-13-27-67(65)70-32-22-33-71-68-28-16-17-34-77(68)97(81)87(70)71)85(80)72-40-39-62(55-82(72)96)98-61-24-20-23-60(54-61)94-56-95(79-36-19-18-35-78(79)94)86-63(57-37-41-73-75(51-57)91(8,9)48-46-89(73,4)5)30-21-31-64(86)58-38-42-74-76(52-58)92(10,11)49-47-90(74,6)7;/h12-45,50-53H,46-49H2,1-11H3;/q-2;. The zero-order chi connectivity index (χ0) is 66.9. The molecular formula is C92H79N5OPt-2. The summed E-state index contributed by atoms with van der Waals surface area (Å²) in [7, 11) is 0. The average molecular weight is 1470 g/mol. The number of para-hydroxylation sites is 5. The molecule has 0 saturated carbocycles. The summed E-state index contributed by atoms with van der Waals surface area (Å²) in [5, 5.41) is 11.6. The van der Waals surface area contributed by atoms with Crippen LogP contribution in [0.25, 0.3) is 132 Å². The molecule has 0 radical (unpaired) electrons. The van der Waals surface area contributed by atoms with E-state index in [-0.39, 0.29) is 48.1 Å². The van der Waals surface area contributed by atoms with Crippen molar-refractivity contribution in [1.82, 2.24) is 18.5 Å². The van der Waals surface area contributed by atoms with E-state index in [1.165, 1.54) is 76.8 Å². The Hall–Kier alpha value is -9.87. The molecule has 0 spiro atoms. The Balaban J connectivity index is 0.00000735. The zero-order valence-corrected chi connectivity index (χ0v) is 60.5. The van der Waals surface area contributed by atoms with Crippen LogP contribution in [-0.2, 0) is 48.1 Å². The van der Waals surface area contributed by atoms with E-state index in [0.29, 0.717) is 11.5 Å². The first-order valence-corrected chi connectivity index (χ1v) is 35.0. The second-order valence-electron chi connectivity index (χ2n) is 31.6. The van der Waals surface area contributed by atoms with Crippen LogP contribution in [0.5, 0.6) is 11.5 Å². The molecule has 0 saturated heterocycles. The van der Waals surface area contributed by atoms with Crippen LogP contribution in [0.15, 0.2) is 231 Å². The molecule has 11 aromatic carbocycles. The van der Waals surface area contributed by atoms with Gasteiger partial charge in [0, 0.05) is 65.8 Å². The number of aromatic nitrogens is 5. The van der Waals surface area contributed by atoms with Gasteiger partial charge in [-0.2, -0.15) is 18.2 Å². The predicted molar refractivity (Wildman–Crippen MR) is 407 cm³/mol. The van der Waals surface area contributed by atoms with Gasteiger partial charge in [0.15, 0.2) is 0 Å². The minimum atomic E-state index is -0.135. The van der Waals surface area contributed by atoms with E-state index in [1.807, 2.05) is 12.3 Å². The van der Waals surface area contributed by atoms with Crippen LogP contribution in [0.3, 0.4) is 0 Å². The molecule has 6 nitrogen and oxygen atoms in total. The van der Waals surface area contributed by atoms with Gasteiger partial charge in [-0.15, -0.1) is 29.7 Å². The van der Waals surface area contributed by atoms with Gasteiger partial charge in [0.2, 0.25) is 0 Å². The maximum Gasteiger partial charge on any atom is 0.268 e. The third-order valence-corrected chi connectivity index (χ3v) is 22.6. The van der Waals surface area contributed by atoms with Crippen molar-refractivity contribution < 1.29 is 30.4 Å². The normalized spacial score (nSPS) is 15.5. The second kappa shape index (κ2) is 22.6. The molecule has 2 aliphatic rings. The molecule has 7 heteroatoms. The third-order valence-electron chi connectivity index (χ3n) is 22.6. The third kappa shape index (κ3) is 9.81. The van der Waals surface area contributed by atoms with Crippen LogP contribution >= 0.6 is 0 Å². The van der Waals surface area contributed by atoms with Crippen LogP contribution < -0.4 is 9.30 Å². The molecule has 16 aromatic rings. The Morgan fingerprint density at radius 2 is 0.949 bits per heavy atom. The van der Waals surface area contributed by atoms with Gasteiger partial charge in [-0.25, -0.2) is 4.98 Å². The number of imidazole rings is 1. The topological polar surface area (TPSA) is 40.3 Å². The van der Waals surface area contributed by atoms with E-state index >= 15 is 0 Å². The van der Waals surface area contributed by atoms with Gasteiger partial charge in [0.1, 0.15) is 5.82 Å². The molecule has 0 N–H and O–H groups in total. The fourth-order valence-electron chi connectivity index (χ4n) is 17.1. The van der Waals surface area contributed by atoms with Crippen molar-refractivity contribution >= 4 is 92.5 Å². The monoisotopic (exact) mass is 1460 g/mol. The van der Waals surface area contributed by atoms with Crippen LogP contribution in [0.1, 0.15) is 130 Å². The van der Waals surface area contributed by atoms with Gasteiger partial charge >= 0.3 is 0 Å². The summed E-state index contributed by atoms with van der Waals surface area (Å²) in [4.78, 5) is 5.21. The summed E-state index contributed by atoms with van der Waals surface area (Å²) < 4.78 is 16.4. The van der Waals surface area contributed by atoms with Crippen molar-refractivity contribution in [3.05, 3.63) is 277 Å². The Morgan fingerprint density at radius 1 is 0.434 bits per heavy atom. The fourth-order valence-corrected chi connectivity index (χ4v) is 17.1. The summed E-state index contributed by atoms with van der Waals surface area (Å²) in [6.07, 6.45) is 10.5. The quantitative estimate of drug-likeness (QED) is 0.118. The van der Waals surface area contributed by atoms with Crippen molar-refractivity contribution in [2.24, 2.45) is 0 Å². The zero-order valence-electron chi connectivity index (χ0n) is 58.2. The maximum atomic E-state index is 7.12. The molecule has 2 aliphatic carbocycles. The molecular weight excluding hydrogens is 1390 g/mol. The smallest absolute Gasteiger partial charge is 0.268 e. The molecule has 5 heterocycles. The van der Waals surface area contributed by atoms with Gasteiger partial charge in [-0.05, 0) is 166 Å². The molecule has 0 unspecified atom stereocenters. The van der Waals surface area contributed by atoms with E-state index < -0.39 is 0 Å². The average Bonchev–Trinajstić information content (AvgIpc) is 1.54. The molecule has 0 amide bonds. The van der Waals surface area contributed by atoms with Crippen molar-refractivity contribution in [3.63, 3.8) is 0 Å². The van der Waals surface area contributed by atoms with Crippen molar-refractivity contribution in [2.45, 2.75) is 129 Å². The number of fused-ring (bicyclic) bond motifs is 17. The first-order chi connectivity index (χ1) is 47.2. The van der Waals surface area contributed by atoms with Crippen molar-refractivity contribution in [3.8, 4) is 50.9 Å². The van der Waals surface area contributed by atoms with Gasteiger partial charge in [0.05, 0.1) is 33.3 Å². The van der Waals surface area contributed by atoms with E-state index in [1.54, 1.807) is 0 Å². The number of rotatable bonds is 7. The molecule has 0 fully saturated rings. The molecule has 0 bridgehead atoms. The largest absolute Gasteiger partial charge is 0.510 e. The van der Waals surface area contributed by atoms with Crippen LogP contribution in [0.2, 0.25) is 0 Å². The molecule has 18 rings (SSSR count). The number of benzene rings is 11. The van der Waals surface area contributed by atoms with Gasteiger partial charge in [0.25, 0.3) is 6.33 Å². The summed E-state index contributed by atoms with van der Waals surface area (Å²) in [6.45, 7) is 26.2. The predicted octanol–water partition coefficient (Wildman–Crippen LogP) is 23.5. The SMILES string of the molecule is CC(C)(C)c1ccnc(-n2c3[c-]c(Oc4[c-]c(-n5[c-][n+](-c6c(-c7ccc8c(c7)C(C)(C)CCC8(C)C)cccc6-c6ccc7c(c6)C(C)(C)CCC7(C)C)c6ccccc65)ccc4)ccc3c3c4c5ccccc5c5ccccc5c5cccc6c7ccccc7n(c4ccc32)c56)c1.[Pt]. The Kier molecular flexibility index (Phi) is 14.3. The molecule has 0 aliphatic heterocycles. The molecule has 99 heavy (non-hydrogen) atoms. The number of ether oxygens (including phenoxy) is 1. The van der Waals surface area contributed by atoms with Crippen molar-refractivity contribution in [2.75, 3.05) is 0 Å². The van der Waals surface area contributed by atoms with Gasteiger partial charge in [-0.1, -0.05) is 245 Å². The number of nitrogens with zero attached hydrogens (tertiary/aromatic N) is 5. The molecule has 490 valence electrons. The fraction of sp³-hybridized carbons (Fsp3) is 0.217. The minimum absolute atomic E-state index is 0. The van der Waals surface area contributed by atoms with Crippen LogP contribution in [-0.4, -0.2) is 18.5 Å². The number of hydrogen-bond acceptors (Lipinski definition) is 2. The van der Waals surface area contributed by atoms with Gasteiger partial charge in [-0.3, -0.25) is 4.57 Å².